The van der Waals surface area contributed by atoms with Crippen LogP contribution in [0.5, 0.6) is 0 Å². The molecule has 1 aromatic rings. The van der Waals surface area contributed by atoms with Crippen LogP contribution in [0, 0.1) is 0 Å². The second-order valence-electron chi connectivity index (χ2n) is 4.72. The summed E-state index contributed by atoms with van der Waals surface area (Å²) in [5, 5.41) is 4.55. The van der Waals surface area contributed by atoms with E-state index in [0.717, 1.165) is 11.6 Å². The molecule has 0 saturated carbocycles. The van der Waals surface area contributed by atoms with Gasteiger partial charge in [0.25, 0.3) is 0 Å². The first-order chi connectivity index (χ1) is 7.77. The molecule has 1 atom stereocenters. The smallest absolute Gasteiger partial charge is 0.0434 e. The number of halogens is 1. The van der Waals surface area contributed by atoms with Crippen molar-refractivity contribution in [2.75, 3.05) is 6.54 Å². The molecule has 1 nitrogen and oxygen atoms in total. The molecule has 0 aromatic heterocycles. The maximum atomic E-state index is 5.95. The maximum Gasteiger partial charge on any atom is 0.0434 e. The Morgan fingerprint density at radius 3 is 2.56 bits per heavy atom. The molecule has 1 aliphatic heterocycles. The SMILES string of the molecule is CCCC1(c2ccc(Cl)cc2)CCCCN1. The highest BCUT2D eigenvalue weighted by Gasteiger charge is 2.32. The zero-order valence-electron chi connectivity index (χ0n) is 9.93. The Morgan fingerprint density at radius 2 is 2.00 bits per heavy atom. The number of hydrogen-bond donors (Lipinski definition) is 1. The summed E-state index contributed by atoms with van der Waals surface area (Å²) in [6.45, 7) is 3.40. The van der Waals surface area contributed by atoms with Crippen molar-refractivity contribution in [3.8, 4) is 0 Å². The van der Waals surface area contributed by atoms with Crippen LogP contribution in [-0.4, -0.2) is 6.54 Å². The lowest BCUT2D eigenvalue weighted by Gasteiger charge is -2.39. The van der Waals surface area contributed by atoms with Gasteiger partial charge in [0.05, 0.1) is 0 Å². The van der Waals surface area contributed by atoms with E-state index in [-0.39, 0.29) is 5.54 Å². The van der Waals surface area contributed by atoms with E-state index < -0.39 is 0 Å². The molecule has 1 heterocycles. The van der Waals surface area contributed by atoms with Gasteiger partial charge in [0.1, 0.15) is 0 Å². The Kier molecular flexibility index (Phi) is 3.88. The minimum atomic E-state index is 0.206. The number of piperidine rings is 1. The predicted octanol–water partition coefficient (Wildman–Crippen LogP) is 4.11. The average Bonchev–Trinajstić information content (AvgIpc) is 2.31. The molecular formula is C14H20ClN. The molecule has 1 saturated heterocycles. The van der Waals surface area contributed by atoms with Crippen molar-refractivity contribution < 1.29 is 0 Å². The Bertz CT molecular complexity index is 320. The van der Waals surface area contributed by atoms with Crippen molar-refractivity contribution in [3.05, 3.63) is 34.9 Å². The number of hydrogen-bond acceptors (Lipinski definition) is 1. The van der Waals surface area contributed by atoms with Gasteiger partial charge in [-0.25, -0.2) is 0 Å². The van der Waals surface area contributed by atoms with Crippen LogP contribution in [0.2, 0.25) is 5.02 Å². The molecule has 1 aromatic carbocycles. The van der Waals surface area contributed by atoms with Gasteiger partial charge in [0.2, 0.25) is 0 Å². The van der Waals surface area contributed by atoms with E-state index in [1.54, 1.807) is 0 Å². The molecule has 88 valence electrons. The third-order valence-electron chi connectivity index (χ3n) is 3.57. The highest BCUT2D eigenvalue weighted by atomic mass is 35.5. The third-order valence-corrected chi connectivity index (χ3v) is 3.82. The molecule has 2 heteroatoms. The van der Waals surface area contributed by atoms with Crippen LogP contribution in [0.3, 0.4) is 0 Å². The van der Waals surface area contributed by atoms with E-state index in [1.165, 1.54) is 37.7 Å². The van der Waals surface area contributed by atoms with Crippen LogP contribution >= 0.6 is 11.6 Å². The molecule has 2 rings (SSSR count). The van der Waals surface area contributed by atoms with E-state index in [2.05, 4.69) is 24.4 Å². The normalized spacial score (nSPS) is 25.6. The van der Waals surface area contributed by atoms with Gasteiger partial charge in [-0.3, -0.25) is 0 Å². The van der Waals surface area contributed by atoms with Gasteiger partial charge >= 0.3 is 0 Å². The lowest BCUT2D eigenvalue weighted by Crippen LogP contribution is -2.45. The van der Waals surface area contributed by atoms with E-state index in [9.17, 15) is 0 Å². The molecule has 1 unspecified atom stereocenters. The summed E-state index contributed by atoms with van der Waals surface area (Å²) in [6.07, 6.45) is 6.32. The van der Waals surface area contributed by atoms with Crippen LogP contribution in [-0.2, 0) is 5.54 Å². The molecule has 0 radical (unpaired) electrons. The van der Waals surface area contributed by atoms with Crippen LogP contribution in [0.25, 0.3) is 0 Å². The third kappa shape index (κ3) is 2.41. The monoisotopic (exact) mass is 237 g/mol. The van der Waals surface area contributed by atoms with Gasteiger partial charge in [0, 0.05) is 10.6 Å². The summed E-state index contributed by atoms with van der Waals surface area (Å²) in [6, 6.07) is 8.36. The van der Waals surface area contributed by atoms with E-state index in [0.29, 0.717) is 0 Å². The van der Waals surface area contributed by atoms with E-state index in [4.69, 9.17) is 11.6 Å². The zero-order chi connectivity index (χ0) is 11.4. The summed E-state index contributed by atoms with van der Waals surface area (Å²) in [4.78, 5) is 0. The topological polar surface area (TPSA) is 12.0 Å². The Labute approximate surface area is 103 Å². The standard InChI is InChI=1S/C14H20ClN/c1-2-9-14(10-3-4-11-16-14)12-5-7-13(15)8-6-12/h5-8,16H,2-4,9-11H2,1H3. The summed E-state index contributed by atoms with van der Waals surface area (Å²) in [5.74, 6) is 0. The van der Waals surface area contributed by atoms with Gasteiger partial charge in [-0.2, -0.15) is 0 Å². The average molecular weight is 238 g/mol. The van der Waals surface area contributed by atoms with Gasteiger partial charge in [-0.1, -0.05) is 43.5 Å². The first kappa shape index (κ1) is 11.9. The fraction of sp³-hybridized carbons (Fsp3) is 0.571. The first-order valence-corrected chi connectivity index (χ1v) is 6.66. The second-order valence-corrected chi connectivity index (χ2v) is 5.16. The molecule has 1 fully saturated rings. The van der Waals surface area contributed by atoms with Crippen molar-refractivity contribution in [1.29, 1.82) is 0 Å². The maximum absolute atomic E-state index is 5.95. The van der Waals surface area contributed by atoms with Crippen LogP contribution in [0.4, 0.5) is 0 Å². The fourth-order valence-electron chi connectivity index (χ4n) is 2.77. The van der Waals surface area contributed by atoms with Crippen LogP contribution < -0.4 is 5.32 Å². The van der Waals surface area contributed by atoms with E-state index in [1.807, 2.05) is 12.1 Å². The predicted molar refractivity (Wildman–Crippen MR) is 69.9 cm³/mol. The molecular weight excluding hydrogens is 218 g/mol. The minimum Gasteiger partial charge on any atom is -0.307 e. The lowest BCUT2D eigenvalue weighted by atomic mass is 9.79. The van der Waals surface area contributed by atoms with Gasteiger partial charge in [0.15, 0.2) is 0 Å². The molecule has 0 aliphatic carbocycles. The lowest BCUT2D eigenvalue weighted by molar-refractivity contribution is 0.237. The van der Waals surface area contributed by atoms with E-state index >= 15 is 0 Å². The zero-order valence-corrected chi connectivity index (χ0v) is 10.7. The molecule has 16 heavy (non-hydrogen) atoms. The van der Waals surface area contributed by atoms with Crippen LogP contribution in [0.1, 0.15) is 44.6 Å². The van der Waals surface area contributed by atoms with Crippen molar-refractivity contribution >= 4 is 11.6 Å². The quantitative estimate of drug-likeness (QED) is 0.834. The highest BCUT2D eigenvalue weighted by Crippen LogP contribution is 2.35. The van der Waals surface area contributed by atoms with Crippen molar-refractivity contribution in [2.45, 2.75) is 44.6 Å². The summed E-state index contributed by atoms with van der Waals surface area (Å²) < 4.78 is 0. The van der Waals surface area contributed by atoms with Crippen molar-refractivity contribution in [2.24, 2.45) is 0 Å². The Morgan fingerprint density at radius 1 is 1.25 bits per heavy atom. The Balaban J connectivity index is 2.26. The number of nitrogens with one attached hydrogen (secondary N) is 1. The molecule has 0 spiro atoms. The van der Waals surface area contributed by atoms with Gasteiger partial charge < -0.3 is 5.32 Å². The number of benzene rings is 1. The largest absolute Gasteiger partial charge is 0.307 e. The summed E-state index contributed by atoms with van der Waals surface area (Å²) >= 11 is 5.95. The molecule has 1 aliphatic rings. The minimum absolute atomic E-state index is 0.206. The van der Waals surface area contributed by atoms with Crippen LogP contribution in [0.15, 0.2) is 24.3 Å². The molecule has 1 N–H and O–H groups in total. The van der Waals surface area contributed by atoms with Gasteiger partial charge in [-0.15, -0.1) is 0 Å². The Hall–Kier alpha value is -0.530. The number of rotatable bonds is 3. The summed E-state index contributed by atoms with van der Waals surface area (Å²) in [7, 11) is 0. The highest BCUT2D eigenvalue weighted by molar-refractivity contribution is 6.30. The van der Waals surface area contributed by atoms with Crippen molar-refractivity contribution in [3.63, 3.8) is 0 Å². The van der Waals surface area contributed by atoms with Crippen molar-refractivity contribution in [1.82, 2.24) is 5.32 Å². The van der Waals surface area contributed by atoms with Gasteiger partial charge in [-0.05, 0) is 43.5 Å². The molecule has 0 bridgehead atoms. The molecule has 0 amide bonds. The second kappa shape index (κ2) is 5.20. The first-order valence-electron chi connectivity index (χ1n) is 6.28. The fourth-order valence-corrected chi connectivity index (χ4v) is 2.89. The summed E-state index contributed by atoms with van der Waals surface area (Å²) in [5.41, 5.74) is 1.61.